The first-order valence-corrected chi connectivity index (χ1v) is 8.31. The Morgan fingerprint density at radius 1 is 1.24 bits per heavy atom. The summed E-state index contributed by atoms with van der Waals surface area (Å²) in [7, 11) is 0. The highest BCUT2D eigenvalue weighted by atomic mass is 79.9. The van der Waals surface area contributed by atoms with Gasteiger partial charge in [-0.1, -0.05) is 32.1 Å². The molecule has 1 unspecified atom stereocenters. The summed E-state index contributed by atoms with van der Waals surface area (Å²) in [6.45, 7) is 2.16. The molecular formula is C14H22BrNS. The molecule has 0 aliphatic heterocycles. The standard InChI is InChI=1S/C14H22BrNS/c1-10-12(15)9-13(17-10)14(16)11-7-5-3-2-4-6-8-11/h9,11,14H,2-8,16H2,1H3. The minimum atomic E-state index is 0.253. The third-order valence-electron chi connectivity index (χ3n) is 3.86. The Morgan fingerprint density at radius 3 is 2.35 bits per heavy atom. The molecule has 17 heavy (non-hydrogen) atoms. The van der Waals surface area contributed by atoms with E-state index in [1.165, 1.54) is 59.2 Å². The molecule has 96 valence electrons. The van der Waals surface area contributed by atoms with E-state index in [4.69, 9.17) is 5.73 Å². The summed E-state index contributed by atoms with van der Waals surface area (Å²) in [5.41, 5.74) is 6.46. The fraction of sp³-hybridized carbons (Fsp3) is 0.714. The third kappa shape index (κ3) is 3.55. The quantitative estimate of drug-likeness (QED) is 0.799. The Morgan fingerprint density at radius 2 is 1.82 bits per heavy atom. The molecule has 1 aromatic heterocycles. The van der Waals surface area contributed by atoms with E-state index in [0.29, 0.717) is 5.92 Å². The van der Waals surface area contributed by atoms with Crippen molar-refractivity contribution in [2.75, 3.05) is 0 Å². The minimum absolute atomic E-state index is 0.253. The van der Waals surface area contributed by atoms with Gasteiger partial charge < -0.3 is 5.73 Å². The van der Waals surface area contributed by atoms with Crippen molar-refractivity contribution in [2.24, 2.45) is 11.7 Å². The number of nitrogens with two attached hydrogens (primary N) is 1. The first-order chi connectivity index (χ1) is 8.18. The van der Waals surface area contributed by atoms with Crippen LogP contribution in [0.3, 0.4) is 0 Å². The van der Waals surface area contributed by atoms with Crippen LogP contribution >= 0.6 is 27.3 Å². The SMILES string of the molecule is Cc1sc(C(N)C2CCCCCCC2)cc1Br. The Bertz CT molecular complexity index is 334. The Labute approximate surface area is 117 Å². The topological polar surface area (TPSA) is 26.0 Å². The van der Waals surface area contributed by atoms with Crippen LogP contribution in [0.25, 0.3) is 0 Å². The second kappa shape index (κ2) is 6.35. The van der Waals surface area contributed by atoms with E-state index in [2.05, 4.69) is 28.9 Å². The van der Waals surface area contributed by atoms with Gasteiger partial charge in [-0.3, -0.25) is 0 Å². The number of aryl methyl sites for hydroxylation is 1. The molecule has 0 radical (unpaired) electrons. The smallest absolute Gasteiger partial charge is 0.0418 e. The molecule has 0 amide bonds. The van der Waals surface area contributed by atoms with Crippen LogP contribution in [0.5, 0.6) is 0 Å². The molecule has 1 aromatic rings. The van der Waals surface area contributed by atoms with Crippen molar-refractivity contribution < 1.29 is 0 Å². The zero-order chi connectivity index (χ0) is 12.3. The first kappa shape index (κ1) is 13.6. The van der Waals surface area contributed by atoms with Crippen LogP contribution in [-0.2, 0) is 0 Å². The third-order valence-corrected chi connectivity index (χ3v) is 6.10. The number of thiophene rings is 1. The van der Waals surface area contributed by atoms with E-state index in [9.17, 15) is 0 Å². The summed E-state index contributed by atoms with van der Waals surface area (Å²) < 4.78 is 1.22. The predicted molar refractivity (Wildman–Crippen MR) is 79.5 cm³/mol. The van der Waals surface area contributed by atoms with E-state index < -0.39 is 0 Å². The second-order valence-corrected chi connectivity index (χ2v) is 7.33. The van der Waals surface area contributed by atoms with Gasteiger partial charge in [-0.2, -0.15) is 0 Å². The lowest BCUT2D eigenvalue weighted by Gasteiger charge is -2.25. The maximum atomic E-state index is 6.46. The summed E-state index contributed by atoms with van der Waals surface area (Å²) in [6, 6.07) is 2.48. The lowest BCUT2D eigenvalue weighted by atomic mass is 9.85. The molecule has 3 heteroatoms. The summed E-state index contributed by atoms with van der Waals surface area (Å²) in [5.74, 6) is 0.695. The van der Waals surface area contributed by atoms with Gasteiger partial charge in [0, 0.05) is 20.3 Å². The van der Waals surface area contributed by atoms with Crippen molar-refractivity contribution >= 4 is 27.3 Å². The van der Waals surface area contributed by atoms with Crippen molar-refractivity contribution in [1.82, 2.24) is 0 Å². The van der Waals surface area contributed by atoms with Crippen molar-refractivity contribution in [1.29, 1.82) is 0 Å². The molecule has 1 atom stereocenters. The molecule has 1 aliphatic rings. The van der Waals surface area contributed by atoms with Crippen molar-refractivity contribution in [2.45, 2.75) is 57.9 Å². The molecule has 1 fully saturated rings. The van der Waals surface area contributed by atoms with Crippen molar-refractivity contribution in [3.63, 3.8) is 0 Å². The van der Waals surface area contributed by atoms with Gasteiger partial charge in [0.2, 0.25) is 0 Å². The lowest BCUT2D eigenvalue weighted by Crippen LogP contribution is -2.21. The molecule has 1 saturated carbocycles. The molecule has 0 saturated heterocycles. The lowest BCUT2D eigenvalue weighted by molar-refractivity contribution is 0.330. The summed E-state index contributed by atoms with van der Waals surface area (Å²) in [5, 5.41) is 0. The molecule has 1 nitrogen and oxygen atoms in total. The van der Waals surface area contributed by atoms with Gasteiger partial charge in [-0.05, 0) is 47.7 Å². The molecule has 1 aliphatic carbocycles. The second-order valence-electron chi connectivity index (χ2n) is 5.18. The first-order valence-electron chi connectivity index (χ1n) is 6.70. The zero-order valence-electron chi connectivity index (χ0n) is 10.5. The highest BCUT2D eigenvalue weighted by molar-refractivity contribution is 9.10. The summed E-state index contributed by atoms with van der Waals surface area (Å²) in [6.07, 6.45) is 9.58. The van der Waals surface area contributed by atoms with E-state index >= 15 is 0 Å². The van der Waals surface area contributed by atoms with Gasteiger partial charge in [-0.15, -0.1) is 11.3 Å². The summed E-state index contributed by atoms with van der Waals surface area (Å²) >= 11 is 5.45. The molecule has 2 rings (SSSR count). The maximum absolute atomic E-state index is 6.46. The Kier molecular flexibility index (Phi) is 5.07. The van der Waals surface area contributed by atoms with Crippen molar-refractivity contribution in [3.05, 3.63) is 20.3 Å². The van der Waals surface area contributed by atoms with E-state index in [0.717, 1.165) is 0 Å². The van der Waals surface area contributed by atoms with Crippen LogP contribution in [0, 0.1) is 12.8 Å². The number of rotatable bonds is 2. The van der Waals surface area contributed by atoms with Gasteiger partial charge in [0.05, 0.1) is 0 Å². The van der Waals surface area contributed by atoms with Gasteiger partial charge in [0.1, 0.15) is 0 Å². The molecule has 1 heterocycles. The largest absolute Gasteiger partial charge is 0.323 e. The molecule has 2 N–H and O–H groups in total. The monoisotopic (exact) mass is 315 g/mol. The van der Waals surface area contributed by atoms with Gasteiger partial charge in [0.15, 0.2) is 0 Å². The van der Waals surface area contributed by atoms with Crippen molar-refractivity contribution in [3.8, 4) is 0 Å². The van der Waals surface area contributed by atoms with Gasteiger partial charge in [-0.25, -0.2) is 0 Å². The Hall–Kier alpha value is 0.140. The van der Waals surface area contributed by atoms with E-state index in [1.807, 2.05) is 11.3 Å². The van der Waals surface area contributed by atoms with Crippen LogP contribution in [0.15, 0.2) is 10.5 Å². The molecule has 0 aromatic carbocycles. The van der Waals surface area contributed by atoms with E-state index in [1.54, 1.807) is 0 Å². The van der Waals surface area contributed by atoms with Crippen LogP contribution < -0.4 is 5.73 Å². The van der Waals surface area contributed by atoms with Gasteiger partial charge in [0.25, 0.3) is 0 Å². The highest BCUT2D eigenvalue weighted by Gasteiger charge is 2.22. The average molecular weight is 316 g/mol. The van der Waals surface area contributed by atoms with Crippen LogP contribution in [0.1, 0.15) is 60.7 Å². The van der Waals surface area contributed by atoms with Crippen LogP contribution in [0.4, 0.5) is 0 Å². The normalized spacial score (nSPS) is 20.9. The van der Waals surface area contributed by atoms with Gasteiger partial charge >= 0.3 is 0 Å². The summed E-state index contributed by atoms with van der Waals surface area (Å²) in [4.78, 5) is 2.71. The molecule has 0 bridgehead atoms. The maximum Gasteiger partial charge on any atom is 0.0418 e. The minimum Gasteiger partial charge on any atom is -0.323 e. The fourth-order valence-corrected chi connectivity index (χ4v) is 4.38. The fourth-order valence-electron chi connectivity index (χ4n) is 2.72. The molecule has 0 spiro atoms. The number of hydrogen-bond donors (Lipinski definition) is 1. The highest BCUT2D eigenvalue weighted by Crippen LogP contribution is 2.37. The molecular weight excluding hydrogens is 294 g/mol. The van der Waals surface area contributed by atoms with Crippen LogP contribution in [0.2, 0.25) is 0 Å². The Balaban J connectivity index is 2.04. The van der Waals surface area contributed by atoms with Crippen LogP contribution in [-0.4, -0.2) is 0 Å². The predicted octanol–water partition coefficient (Wildman–Crippen LogP) is 5.18. The van der Waals surface area contributed by atoms with E-state index in [-0.39, 0.29) is 6.04 Å². The average Bonchev–Trinajstić information content (AvgIpc) is 2.58. The zero-order valence-corrected chi connectivity index (χ0v) is 12.9. The number of halogens is 1. The number of hydrogen-bond acceptors (Lipinski definition) is 2.